The van der Waals surface area contributed by atoms with Gasteiger partial charge in [-0.2, -0.15) is 5.26 Å². The smallest absolute Gasteiger partial charge is 0.320 e. The number of fused-ring (bicyclic) bond motifs is 1. The first kappa shape index (κ1) is 25.2. The van der Waals surface area contributed by atoms with Crippen molar-refractivity contribution in [3.63, 3.8) is 0 Å². The van der Waals surface area contributed by atoms with Crippen molar-refractivity contribution < 1.29 is 9.18 Å². The molecule has 0 spiro atoms. The average Bonchev–Trinajstić information content (AvgIpc) is 3.56. The quantitative estimate of drug-likeness (QED) is 0.496. The number of rotatable bonds is 8. The van der Waals surface area contributed by atoms with Crippen LogP contribution in [0.1, 0.15) is 64.5 Å². The van der Waals surface area contributed by atoms with E-state index in [4.69, 9.17) is 0 Å². The molecule has 2 aromatic carbocycles. The number of carbonyl (C=O) groups is 1. The van der Waals surface area contributed by atoms with Crippen LogP contribution < -0.4 is 5.32 Å². The SMILES string of the molecule is CC(C)N(CCN(C(=O)Nc1cccc(F)c1)[C@@H]1CC[C@]2(c3cccc(C#N)c3)CC2C1)C(C)C. The Kier molecular flexibility index (Phi) is 7.47. The van der Waals surface area contributed by atoms with Crippen LogP contribution >= 0.6 is 0 Å². The molecule has 0 radical (unpaired) electrons. The zero-order valence-corrected chi connectivity index (χ0v) is 21.3. The summed E-state index contributed by atoms with van der Waals surface area (Å²) in [6.07, 6.45) is 4.00. The molecule has 1 N–H and O–H groups in total. The van der Waals surface area contributed by atoms with Crippen LogP contribution in [0, 0.1) is 23.1 Å². The molecule has 2 fully saturated rings. The standard InChI is InChI=1S/C29H37FN4O/c1-20(2)33(21(3)4)13-14-34(28(35)32-26-10-6-9-25(30)17-26)27-11-12-29(18-24(29)16-27)23-8-5-7-22(15-23)19-31/h5-10,15,17,20-21,24,27H,11-14,16,18H2,1-4H3,(H,32,35)/t24?,27-,29-/m1/s1. The van der Waals surface area contributed by atoms with Crippen LogP contribution in [-0.2, 0) is 5.41 Å². The Morgan fingerprint density at radius 2 is 1.89 bits per heavy atom. The number of benzene rings is 2. The van der Waals surface area contributed by atoms with Crippen LogP contribution in [-0.4, -0.2) is 47.0 Å². The third-order valence-corrected chi connectivity index (χ3v) is 7.98. The molecule has 2 aliphatic carbocycles. The lowest BCUT2D eigenvalue weighted by atomic mass is 9.80. The summed E-state index contributed by atoms with van der Waals surface area (Å²) in [6, 6.07) is 17.1. The summed E-state index contributed by atoms with van der Waals surface area (Å²) in [5.74, 6) is 0.158. The predicted octanol–water partition coefficient (Wildman–Crippen LogP) is 6.16. The van der Waals surface area contributed by atoms with Crippen molar-refractivity contribution >= 4 is 11.7 Å². The molecule has 0 aromatic heterocycles. The molecule has 4 rings (SSSR count). The minimum atomic E-state index is -0.361. The van der Waals surface area contributed by atoms with Crippen molar-refractivity contribution in [3.8, 4) is 6.07 Å². The van der Waals surface area contributed by atoms with Crippen LogP contribution in [0.3, 0.4) is 0 Å². The van der Waals surface area contributed by atoms with Crippen molar-refractivity contribution in [2.45, 2.75) is 76.9 Å². The van der Waals surface area contributed by atoms with E-state index in [1.807, 2.05) is 23.1 Å². The van der Waals surface area contributed by atoms with E-state index in [0.29, 0.717) is 35.8 Å². The maximum Gasteiger partial charge on any atom is 0.322 e. The number of amides is 2. The van der Waals surface area contributed by atoms with Gasteiger partial charge in [0.25, 0.3) is 0 Å². The molecular formula is C29H37FN4O. The molecular weight excluding hydrogens is 439 g/mol. The van der Waals surface area contributed by atoms with Crippen LogP contribution in [0.2, 0.25) is 0 Å². The van der Waals surface area contributed by atoms with Gasteiger partial charge in [-0.05, 0) is 101 Å². The maximum absolute atomic E-state index is 13.7. The number of carbonyl (C=O) groups excluding carboxylic acids is 1. The Bertz CT molecular complexity index is 1090. The van der Waals surface area contributed by atoms with Crippen LogP contribution in [0.15, 0.2) is 48.5 Å². The van der Waals surface area contributed by atoms with Gasteiger partial charge < -0.3 is 10.2 Å². The fourth-order valence-electron chi connectivity index (χ4n) is 6.09. The molecule has 35 heavy (non-hydrogen) atoms. The van der Waals surface area contributed by atoms with Gasteiger partial charge in [0.2, 0.25) is 0 Å². The van der Waals surface area contributed by atoms with Gasteiger partial charge in [-0.25, -0.2) is 9.18 Å². The number of hydrogen-bond donors (Lipinski definition) is 1. The van der Waals surface area contributed by atoms with Crippen molar-refractivity contribution in [2.75, 3.05) is 18.4 Å². The van der Waals surface area contributed by atoms with Gasteiger partial charge in [-0.15, -0.1) is 0 Å². The first-order chi connectivity index (χ1) is 16.7. The van der Waals surface area contributed by atoms with Crippen molar-refractivity contribution in [1.29, 1.82) is 5.26 Å². The Morgan fingerprint density at radius 3 is 2.54 bits per heavy atom. The summed E-state index contributed by atoms with van der Waals surface area (Å²) in [5, 5.41) is 12.3. The third-order valence-electron chi connectivity index (χ3n) is 7.98. The number of urea groups is 1. The molecule has 6 heteroatoms. The number of nitrogens with zero attached hydrogens (tertiary/aromatic N) is 3. The van der Waals surface area contributed by atoms with Crippen molar-refractivity contribution in [3.05, 3.63) is 65.5 Å². The van der Waals surface area contributed by atoms with E-state index in [9.17, 15) is 14.4 Å². The summed E-state index contributed by atoms with van der Waals surface area (Å²) in [4.78, 5) is 17.9. The van der Waals surface area contributed by atoms with Gasteiger partial charge in [-0.3, -0.25) is 4.90 Å². The molecule has 2 aliphatic rings. The van der Waals surface area contributed by atoms with E-state index in [1.54, 1.807) is 12.1 Å². The lowest BCUT2D eigenvalue weighted by molar-refractivity contribution is 0.120. The second-order valence-electron chi connectivity index (χ2n) is 10.7. The first-order valence-electron chi connectivity index (χ1n) is 12.8. The van der Waals surface area contributed by atoms with Gasteiger partial charge in [-0.1, -0.05) is 18.2 Å². The van der Waals surface area contributed by atoms with Crippen LogP contribution in [0.5, 0.6) is 0 Å². The van der Waals surface area contributed by atoms with Gasteiger partial charge in [0.15, 0.2) is 0 Å². The van der Waals surface area contributed by atoms with Gasteiger partial charge in [0.05, 0.1) is 11.6 Å². The Morgan fingerprint density at radius 1 is 1.14 bits per heavy atom. The zero-order valence-electron chi connectivity index (χ0n) is 21.3. The molecule has 3 atom stereocenters. The largest absolute Gasteiger partial charge is 0.322 e. The van der Waals surface area contributed by atoms with Crippen LogP contribution in [0.4, 0.5) is 14.9 Å². The van der Waals surface area contributed by atoms with Crippen molar-refractivity contribution in [1.82, 2.24) is 9.80 Å². The highest BCUT2D eigenvalue weighted by Gasteiger charge is 2.58. The number of nitrogens with one attached hydrogen (secondary N) is 1. The molecule has 0 aliphatic heterocycles. The van der Waals surface area contributed by atoms with Gasteiger partial charge in [0.1, 0.15) is 5.82 Å². The highest BCUT2D eigenvalue weighted by molar-refractivity contribution is 5.89. The summed E-state index contributed by atoms with van der Waals surface area (Å²) in [6.45, 7) is 10.2. The minimum absolute atomic E-state index is 0.143. The molecule has 2 saturated carbocycles. The number of nitriles is 1. The van der Waals surface area contributed by atoms with E-state index < -0.39 is 0 Å². The van der Waals surface area contributed by atoms with E-state index in [2.05, 4.69) is 50.0 Å². The first-order valence-corrected chi connectivity index (χ1v) is 12.8. The highest BCUT2D eigenvalue weighted by Crippen LogP contribution is 2.62. The molecule has 0 saturated heterocycles. The molecule has 2 aromatic rings. The molecule has 2 amide bonds. The van der Waals surface area contributed by atoms with E-state index >= 15 is 0 Å². The van der Waals surface area contributed by atoms with E-state index in [0.717, 1.165) is 32.2 Å². The second kappa shape index (κ2) is 10.4. The normalized spacial score (nSPS) is 23.2. The van der Waals surface area contributed by atoms with Crippen molar-refractivity contribution in [2.24, 2.45) is 5.92 Å². The monoisotopic (exact) mass is 476 g/mol. The highest BCUT2D eigenvalue weighted by atomic mass is 19.1. The lowest BCUT2D eigenvalue weighted by Crippen LogP contribution is -2.50. The molecule has 5 nitrogen and oxygen atoms in total. The number of anilines is 1. The lowest BCUT2D eigenvalue weighted by Gasteiger charge is -2.39. The average molecular weight is 477 g/mol. The van der Waals surface area contributed by atoms with Gasteiger partial charge in [0, 0.05) is 36.9 Å². The Labute approximate surface area is 208 Å². The third kappa shape index (κ3) is 5.51. The van der Waals surface area contributed by atoms with E-state index in [1.165, 1.54) is 17.7 Å². The molecule has 0 heterocycles. The second-order valence-corrected chi connectivity index (χ2v) is 10.7. The predicted molar refractivity (Wildman–Crippen MR) is 138 cm³/mol. The molecule has 0 bridgehead atoms. The number of halogens is 1. The Hall–Kier alpha value is -2.91. The number of hydrogen-bond acceptors (Lipinski definition) is 3. The summed E-state index contributed by atoms with van der Waals surface area (Å²) in [7, 11) is 0. The fraction of sp³-hybridized carbons (Fsp3) is 0.517. The van der Waals surface area contributed by atoms with E-state index in [-0.39, 0.29) is 23.3 Å². The molecule has 186 valence electrons. The van der Waals surface area contributed by atoms with Crippen LogP contribution in [0.25, 0.3) is 0 Å². The minimum Gasteiger partial charge on any atom is -0.320 e. The maximum atomic E-state index is 13.7. The molecule has 1 unspecified atom stereocenters. The fourth-order valence-corrected chi connectivity index (χ4v) is 6.09. The Balaban J connectivity index is 1.50. The van der Waals surface area contributed by atoms with Gasteiger partial charge >= 0.3 is 6.03 Å². The topological polar surface area (TPSA) is 59.4 Å². The zero-order chi connectivity index (χ0) is 25.2. The summed E-state index contributed by atoms with van der Waals surface area (Å²) < 4.78 is 13.7. The summed E-state index contributed by atoms with van der Waals surface area (Å²) in [5.41, 5.74) is 2.61. The summed E-state index contributed by atoms with van der Waals surface area (Å²) >= 11 is 0.